The third-order valence-electron chi connectivity index (χ3n) is 4.16. The van der Waals surface area contributed by atoms with Crippen molar-refractivity contribution in [2.75, 3.05) is 0 Å². The zero-order valence-corrected chi connectivity index (χ0v) is 14.6. The third kappa shape index (κ3) is 4.37. The van der Waals surface area contributed by atoms with Gasteiger partial charge in [-0.3, -0.25) is 0 Å². The van der Waals surface area contributed by atoms with E-state index in [1.54, 1.807) is 12.1 Å². The van der Waals surface area contributed by atoms with Crippen LogP contribution in [0.3, 0.4) is 0 Å². The van der Waals surface area contributed by atoms with Gasteiger partial charge in [-0.1, -0.05) is 37.6 Å². The van der Waals surface area contributed by atoms with Crippen LogP contribution in [0.15, 0.2) is 60.7 Å². The Bertz CT molecular complexity index is 1000. The zero-order valence-electron chi connectivity index (χ0n) is 14.6. The molecule has 0 amide bonds. The number of benzene rings is 3. The molecule has 0 radical (unpaired) electrons. The minimum absolute atomic E-state index is 0.175. The lowest BCUT2D eigenvalue weighted by molar-refractivity contribution is 0.0735. The van der Waals surface area contributed by atoms with Gasteiger partial charge in [0, 0.05) is 17.0 Å². The van der Waals surface area contributed by atoms with Crippen LogP contribution in [0.5, 0.6) is 5.75 Å². The fourth-order valence-corrected chi connectivity index (χ4v) is 2.84. The van der Waals surface area contributed by atoms with Crippen molar-refractivity contribution in [3.63, 3.8) is 0 Å². The molecule has 0 aliphatic rings. The number of hydrogen-bond acceptors (Lipinski definition) is 2. The highest BCUT2D eigenvalue weighted by atomic mass is 19.3. The minimum Gasteiger partial charge on any atom is -0.423 e. The first-order chi connectivity index (χ1) is 13.0. The lowest BCUT2D eigenvalue weighted by Crippen LogP contribution is -2.08. The molecule has 2 nitrogen and oxygen atoms in total. The van der Waals surface area contributed by atoms with E-state index in [1.807, 2.05) is 12.1 Å². The van der Waals surface area contributed by atoms with Gasteiger partial charge in [-0.25, -0.2) is 9.18 Å². The van der Waals surface area contributed by atoms with E-state index in [9.17, 15) is 18.0 Å². The molecule has 5 heteroatoms. The van der Waals surface area contributed by atoms with Gasteiger partial charge in [0.25, 0.3) is 6.08 Å². The number of fused-ring (bicyclic) bond motifs is 1. The van der Waals surface area contributed by atoms with E-state index in [0.717, 1.165) is 18.4 Å². The summed E-state index contributed by atoms with van der Waals surface area (Å²) < 4.78 is 44.4. The van der Waals surface area contributed by atoms with Crippen molar-refractivity contribution in [3.8, 4) is 5.75 Å². The van der Waals surface area contributed by atoms with E-state index in [-0.39, 0.29) is 16.7 Å². The minimum atomic E-state index is -1.97. The van der Waals surface area contributed by atoms with Crippen LogP contribution in [0, 0.1) is 5.82 Å². The number of halogens is 3. The van der Waals surface area contributed by atoms with Crippen molar-refractivity contribution in [1.82, 2.24) is 0 Å². The average Bonchev–Trinajstić information content (AvgIpc) is 2.64. The van der Waals surface area contributed by atoms with Crippen molar-refractivity contribution in [3.05, 3.63) is 83.2 Å². The first kappa shape index (κ1) is 18.7. The standard InChI is InChI=1S/C22H17F3O2/c1-2-3-14-4-6-15(7-5-14)22(26)27-18-10-11-19-16(12-18)8-9-17(21(19)25)13-20(23)24/h4-13H,2-3H2,1H3. The predicted octanol–water partition coefficient (Wildman–Crippen LogP) is 6.39. The van der Waals surface area contributed by atoms with E-state index in [1.165, 1.54) is 30.3 Å². The van der Waals surface area contributed by atoms with Crippen LogP contribution in [0.4, 0.5) is 13.2 Å². The fourth-order valence-electron chi connectivity index (χ4n) is 2.84. The molecule has 0 atom stereocenters. The number of carbonyl (C=O) groups excluding carboxylic acids is 1. The number of aryl methyl sites for hydroxylation is 1. The maximum absolute atomic E-state index is 14.3. The highest BCUT2D eigenvalue weighted by Crippen LogP contribution is 2.27. The Hall–Kier alpha value is -3.08. The number of hydrogen-bond donors (Lipinski definition) is 0. The normalized spacial score (nSPS) is 10.7. The summed E-state index contributed by atoms with van der Waals surface area (Å²) in [4.78, 5) is 12.3. The molecular formula is C22H17F3O2. The Morgan fingerprint density at radius 3 is 2.44 bits per heavy atom. The third-order valence-corrected chi connectivity index (χ3v) is 4.16. The molecule has 0 saturated carbocycles. The summed E-state index contributed by atoms with van der Waals surface area (Å²) in [6.07, 6.45) is 0.469. The van der Waals surface area contributed by atoms with E-state index in [0.29, 0.717) is 17.0 Å². The van der Waals surface area contributed by atoms with E-state index >= 15 is 0 Å². The Morgan fingerprint density at radius 2 is 1.78 bits per heavy atom. The van der Waals surface area contributed by atoms with E-state index in [4.69, 9.17) is 4.74 Å². The molecule has 3 aromatic carbocycles. The maximum atomic E-state index is 14.3. The molecule has 27 heavy (non-hydrogen) atoms. The van der Waals surface area contributed by atoms with Gasteiger partial charge in [-0.2, -0.15) is 8.78 Å². The SMILES string of the molecule is CCCc1ccc(C(=O)Oc2ccc3c(F)c(C=C(F)F)ccc3c2)cc1. The summed E-state index contributed by atoms with van der Waals surface area (Å²) in [5.74, 6) is -1.01. The average molecular weight is 370 g/mol. The first-order valence-electron chi connectivity index (χ1n) is 8.54. The summed E-state index contributed by atoms with van der Waals surface area (Å²) in [5.41, 5.74) is 1.37. The van der Waals surface area contributed by atoms with Crippen LogP contribution < -0.4 is 4.74 Å². The lowest BCUT2D eigenvalue weighted by atomic mass is 10.1. The van der Waals surface area contributed by atoms with Crippen LogP contribution in [0.1, 0.15) is 34.8 Å². The predicted molar refractivity (Wildman–Crippen MR) is 99.5 cm³/mol. The van der Waals surface area contributed by atoms with Gasteiger partial charge >= 0.3 is 5.97 Å². The quantitative estimate of drug-likeness (QED) is 0.384. The van der Waals surface area contributed by atoms with Crippen LogP contribution in [-0.4, -0.2) is 5.97 Å². The van der Waals surface area contributed by atoms with Crippen LogP contribution in [-0.2, 0) is 6.42 Å². The molecule has 0 N–H and O–H groups in total. The number of esters is 1. The molecule has 0 saturated heterocycles. The number of rotatable bonds is 5. The highest BCUT2D eigenvalue weighted by molar-refractivity contribution is 5.92. The van der Waals surface area contributed by atoms with E-state index < -0.39 is 17.9 Å². The topological polar surface area (TPSA) is 26.3 Å². The molecular weight excluding hydrogens is 353 g/mol. The van der Waals surface area contributed by atoms with Crippen LogP contribution in [0.25, 0.3) is 16.8 Å². The lowest BCUT2D eigenvalue weighted by Gasteiger charge is -2.08. The summed E-state index contributed by atoms with van der Waals surface area (Å²) >= 11 is 0. The Morgan fingerprint density at radius 1 is 1.04 bits per heavy atom. The van der Waals surface area contributed by atoms with Crippen molar-refractivity contribution in [2.45, 2.75) is 19.8 Å². The molecule has 0 heterocycles. The van der Waals surface area contributed by atoms with Crippen molar-refractivity contribution in [2.24, 2.45) is 0 Å². The van der Waals surface area contributed by atoms with Crippen LogP contribution in [0.2, 0.25) is 0 Å². The van der Waals surface area contributed by atoms with Crippen molar-refractivity contribution >= 4 is 22.8 Å². The molecule has 0 fully saturated rings. The first-order valence-corrected chi connectivity index (χ1v) is 8.54. The number of carbonyl (C=O) groups is 1. The fraction of sp³-hybridized carbons (Fsp3) is 0.136. The Kier molecular flexibility index (Phi) is 5.60. The van der Waals surface area contributed by atoms with Gasteiger partial charge in [0.1, 0.15) is 11.6 Å². The second kappa shape index (κ2) is 8.08. The Balaban J connectivity index is 1.83. The summed E-state index contributed by atoms with van der Waals surface area (Å²) in [5, 5.41) is 0.626. The zero-order chi connectivity index (χ0) is 19.4. The van der Waals surface area contributed by atoms with Gasteiger partial charge in [-0.15, -0.1) is 0 Å². The molecule has 0 aromatic heterocycles. The highest BCUT2D eigenvalue weighted by Gasteiger charge is 2.11. The molecule has 0 bridgehead atoms. The van der Waals surface area contributed by atoms with Gasteiger partial charge in [0.15, 0.2) is 0 Å². The van der Waals surface area contributed by atoms with Gasteiger partial charge in [0.2, 0.25) is 0 Å². The Labute approximate surface area is 154 Å². The molecule has 0 spiro atoms. The van der Waals surface area contributed by atoms with Crippen molar-refractivity contribution in [1.29, 1.82) is 0 Å². The molecule has 3 rings (SSSR count). The summed E-state index contributed by atoms with van der Waals surface area (Å²) in [7, 11) is 0. The van der Waals surface area contributed by atoms with Gasteiger partial charge < -0.3 is 4.74 Å². The van der Waals surface area contributed by atoms with Gasteiger partial charge in [-0.05, 0) is 47.7 Å². The second-order valence-electron chi connectivity index (χ2n) is 6.12. The molecule has 138 valence electrons. The number of ether oxygens (including phenoxy) is 1. The maximum Gasteiger partial charge on any atom is 0.343 e. The van der Waals surface area contributed by atoms with E-state index in [2.05, 4.69) is 6.92 Å². The smallest absolute Gasteiger partial charge is 0.343 e. The van der Waals surface area contributed by atoms with Gasteiger partial charge in [0.05, 0.1) is 5.56 Å². The second-order valence-corrected chi connectivity index (χ2v) is 6.12. The summed E-state index contributed by atoms with van der Waals surface area (Å²) in [6, 6.07) is 14.3. The molecule has 0 aliphatic heterocycles. The molecule has 3 aromatic rings. The van der Waals surface area contributed by atoms with Crippen molar-refractivity contribution < 1.29 is 22.7 Å². The monoisotopic (exact) mass is 370 g/mol. The summed E-state index contributed by atoms with van der Waals surface area (Å²) in [6.45, 7) is 2.08. The van der Waals surface area contributed by atoms with Crippen LogP contribution >= 0.6 is 0 Å². The largest absolute Gasteiger partial charge is 0.423 e. The molecule has 0 aliphatic carbocycles. The molecule has 0 unspecified atom stereocenters.